The Balaban J connectivity index is 2.04. The van der Waals surface area contributed by atoms with Gasteiger partial charge in [-0.3, -0.25) is 14.4 Å². The number of nitrogens with one attached hydrogen (secondary N) is 3. The summed E-state index contributed by atoms with van der Waals surface area (Å²) in [6, 6.07) is 5.75. The van der Waals surface area contributed by atoms with Gasteiger partial charge in [-0.1, -0.05) is 18.2 Å². The number of H-pyrrole nitrogens is 1. The Bertz CT molecular complexity index is 830. The van der Waals surface area contributed by atoms with E-state index in [1.54, 1.807) is 13.8 Å². The van der Waals surface area contributed by atoms with Crippen LogP contribution in [0.1, 0.15) is 50.2 Å². The number of Topliss-reactive ketones (excluding diaryl/α,β-unsaturated/α-hetero) is 1. The predicted octanol–water partition coefficient (Wildman–Crippen LogP) is 2.82. The van der Waals surface area contributed by atoms with E-state index in [1.807, 2.05) is 32.0 Å². The van der Waals surface area contributed by atoms with Gasteiger partial charge in [-0.2, -0.15) is 0 Å². The van der Waals surface area contributed by atoms with Gasteiger partial charge < -0.3 is 15.6 Å². The summed E-state index contributed by atoms with van der Waals surface area (Å²) in [5.41, 5.74) is 4.75. The molecule has 0 aliphatic heterocycles. The normalized spacial score (nSPS) is 10.4. The zero-order chi connectivity index (χ0) is 18.7. The molecule has 0 fully saturated rings. The SMILES string of the molecule is CC(=O)c1c(C)[nH]c(C(=O)NCC(=O)Nc2c(C)cccc2C)c1C. The number of ketones is 1. The van der Waals surface area contributed by atoms with Crippen LogP contribution >= 0.6 is 0 Å². The topological polar surface area (TPSA) is 91.1 Å². The smallest absolute Gasteiger partial charge is 0.268 e. The second-order valence-corrected chi connectivity index (χ2v) is 6.18. The Morgan fingerprint density at radius 3 is 2.16 bits per heavy atom. The monoisotopic (exact) mass is 341 g/mol. The summed E-state index contributed by atoms with van der Waals surface area (Å²) in [5, 5.41) is 5.40. The first kappa shape index (κ1) is 18.4. The molecular weight excluding hydrogens is 318 g/mol. The maximum Gasteiger partial charge on any atom is 0.268 e. The van der Waals surface area contributed by atoms with Crippen LogP contribution in [0.3, 0.4) is 0 Å². The molecule has 6 nitrogen and oxygen atoms in total. The summed E-state index contributed by atoms with van der Waals surface area (Å²) in [4.78, 5) is 39.0. The van der Waals surface area contributed by atoms with E-state index < -0.39 is 5.91 Å². The molecule has 0 unspecified atom stereocenters. The maximum absolute atomic E-state index is 12.3. The van der Waals surface area contributed by atoms with Crippen molar-refractivity contribution in [3.05, 3.63) is 51.8 Å². The molecule has 3 N–H and O–H groups in total. The van der Waals surface area contributed by atoms with Gasteiger partial charge >= 0.3 is 0 Å². The molecular formula is C19H23N3O3. The Morgan fingerprint density at radius 2 is 1.64 bits per heavy atom. The summed E-state index contributed by atoms with van der Waals surface area (Å²) >= 11 is 0. The van der Waals surface area contributed by atoms with Crippen LogP contribution < -0.4 is 10.6 Å². The second-order valence-electron chi connectivity index (χ2n) is 6.18. The second kappa shape index (κ2) is 7.34. The van der Waals surface area contributed by atoms with Gasteiger partial charge in [0.1, 0.15) is 5.69 Å². The molecule has 0 saturated heterocycles. The number of aromatic amines is 1. The van der Waals surface area contributed by atoms with Gasteiger partial charge in [0.2, 0.25) is 5.91 Å². The van der Waals surface area contributed by atoms with Gasteiger partial charge in [-0.25, -0.2) is 0 Å². The Morgan fingerprint density at radius 1 is 1.04 bits per heavy atom. The Kier molecular flexibility index (Phi) is 5.41. The van der Waals surface area contributed by atoms with Gasteiger partial charge in [0.25, 0.3) is 5.91 Å². The third kappa shape index (κ3) is 3.96. The minimum Gasteiger partial charge on any atom is -0.354 e. The molecule has 132 valence electrons. The van der Waals surface area contributed by atoms with Crippen LogP contribution in [0, 0.1) is 27.7 Å². The molecule has 0 atom stereocenters. The van der Waals surface area contributed by atoms with Crippen molar-refractivity contribution in [2.45, 2.75) is 34.6 Å². The van der Waals surface area contributed by atoms with E-state index in [4.69, 9.17) is 0 Å². The molecule has 2 aromatic rings. The minimum absolute atomic E-state index is 0.0990. The summed E-state index contributed by atoms with van der Waals surface area (Å²) < 4.78 is 0. The van der Waals surface area contributed by atoms with E-state index in [0.717, 1.165) is 16.8 Å². The highest BCUT2D eigenvalue weighted by molar-refractivity contribution is 6.04. The molecule has 0 bridgehead atoms. The zero-order valence-electron chi connectivity index (χ0n) is 15.2. The van der Waals surface area contributed by atoms with Gasteiger partial charge in [-0.05, 0) is 51.3 Å². The molecule has 25 heavy (non-hydrogen) atoms. The molecule has 2 rings (SSSR count). The first-order valence-electron chi connectivity index (χ1n) is 8.06. The highest BCUT2D eigenvalue weighted by Crippen LogP contribution is 2.20. The van der Waals surface area contributed by atoms with Gasteiger partial charge in [0.15, 0.2) is 5.78 Å². The van der Waals surface area contributed by atoms with Gasteiger partial charge in [-0.15, -0.1) is 0 Å². The molecule has 0 aliphatic carbocycles. The largest absolute Gasteiger partial charge is 0.354 e. The molecule has 0 radical (unpaired) electrons. The Hall–Kier alpha value is -2.89. The number of hydrogen-bond donors (Lipinski definition) is 3. The number of rotatable bonds is 5. The number of aromatic nitrogens is 1. The number of para-hydroxylation sites is 1. The number of carbonyl (C=O) groups is 3. The predicted molar refractivity (Wildman–Crippen MR) is 97.2 cm³/mol. The molecule has 2 amide bonds. The molecule has 0 saturated carbocycles. The lowest BCUT2D eigenvalue weighted by Crippen LogP contribution is -2.33. The quantitative estimate of drug-likeness (QED) is 0.730. The van der Waals surface area contributed by atoms with Crippen molar-refractivity contribution in [1.29, 1.82) is 0 Å². The lowest BCUT2D eigenvalue weighted by molar-refractivity contribution is -0.115. The van der Waals surface area contributed by atoms with Crippen molar-refractivity contribution in [3.8, 4) is 0 Å². The number of benzene rings is 1. The average molecular weight is 341 g/mol. The third-order valence-electron chi connectivity index (χ3n) is 4.17. The highest BCUT2D eigenvalue weighted by Gasteiger charge is 2.20. The van der Waals surface area contributed by atoms with Crippen LogP contribution in [0.5, 0.6) is 0 Å². The van der Waals surface area contributed by atoms with Crippen LogP contribution in [-0.4, -0.2) is 29.1 Å². The molecule has 0 spiro atoms. The Labute approximate surface area is 147 Å². The minimum atomic E-state index is -0.412. The van der Waals surface area contributed by atoms with Crippen molar-refractivity contribution in [2.24, 2.45) is 0 Å². The third-order valence-corrected chi connectivity index (χ3v) is 4.17. The van der Waals surface area contributed by atoms with Crippen molar-refractivity contribution in [3.63, 3.8) is 0 Å². The lowest BCUT2D eigenvalue weighted by Gasteiger charge is -2.12. The van der Waals surface area contributed by atoms with Crippen molar-refractivity contribution in [1.82, 2.24) is 10.3 Å². The van der Waals surface area contributed by atoms with Crippen molar-refractivity contribution >= 4 is 23.3 Å². The van der Waals surface area contributed by atoms with E-state index in [9.17, 15) is 14.4 Å². The van der Waals surface area contributed by atoms with E-state index in [1.165, 1.54) is 6.92 Å². The summed E-state index contributed by atoms with van der Waals surface area (Å²) in [7, 11) is 0. The fourth-order valence-electron chi connectivity index (χ4n) is 2.95. The van der Waals surface area contributed by atoms with Crippen molar-refractivity contribution in [2.75, 3.05) is 11.9 Å². The molecule has 1 heterocycles. The average Bonchev–Trinajstić information content (AvgIpc) is 2.83. The van der Waals surface area contributed by atoms with Crippen LogP contribution in [0.2, 0.25) is 0 Å². The number of carbonyl (C=O) groups excluding carboxylic acids is 3. The van der Waals surface area contributed by atoms with E-state index in [2.05, 4.69) is 15.6 Å². The summed E-state index contributed by atoms with van der Waals surface area (Å²) in [6.07, 6.45) is 0. The van der Waals surface area contributed by atoms with Crippen LogP contribution in [0.25, 0.3) is 0 Å². The molecule has 1 aromatic heterocycles. The maximum atomic E-state index is 12.3. The number of aryl methyl sites for hydroxylation is 3. The first-order chi connectivity index (χ1) is 11.7. The van der Waals surface area contributed by atoms with Crippen LogP contribution in [0.4, 0.5) is 5.69 Å². The van der Waals surface area contributed by atoms with E-state index in [0.29, 0.717) is 22.5 Å². The van der Waals surface area contributed by atoms with E-state index in [-0.39, 0.29) is 18.2 Å². The fourth-order valence-corrected chi connectivity index (χ4v) is 2.95. The highest BCUT2D eigenvalue weighted by atomic mass is 16.2. The van der Waals surface area contributed by atoms with Crippen LogP contribution in [0.15, 0.2) is 18.2 Å². The standard InChI is InChI=1S/C19H23N3O3/c1-10-7-6-8-11(2)17(10)22-15(24)9-20-19(25)18-12(3)16(14(5)23)13(4)21-18/h6-8,21H,9H2,1-5H3,(H,20,25)(H,22,24). The van der Waals surface area contributed by atoms with E-state index >= 15 is 0 Å². The molecule has 6 heteroatoms. The number of anilines is 1. The number of hydrogen-bond acceptors (Lipinski definition) is 3. The first-order valence-corrected chi connectivity index (χ1v) is 8.06. The van der Waals surface area contributed by atoms with Gasteiger partial charge in [0.05, 0.1) is 6.54 Å². The molecule has 1 aromatic carbocycles. The van der Waals surface area contributed by atoms with Crippen molar-refractivity contribution < 1.29 is 14.4 Å². The zero-order valence-corrected chi connectivity index (χ0v) is 15.2. The fraction of sp³-hybridized carbons (Fsp3) is 0.316. The summed E-state index contributed by atoms with van der Waals surface area (Å²) in [6.45, 7) is 8.59. The summed E-state index contributed by atoms with van der Waals surface area (Å²) in [5.74, 6) is -0.818. The van der Waals surface area contributed by atoms with Crippen LogP contribution in [-0.2, 0) is 4.79 Å². The number of amides is 2. The lowest BCUT2D eigenvalue weighted by atomic mass is 10.1. The molecule has 0 aliphatic rings. The van der Waals surface area contributed by atoms with Gasteiger partial charge in [0, 0.05) is 16.9 Å².